The van der Waals surface area contributed by atoms with E-state index < -0.39 is 0 Å². The van der Waals surface area contributed by atoms with E-state index in [9.17, 15) is 0 Å². The third kappa shape index (κ3) is 4.04. The van der Waals surface area contributed by atoms with E-state index in [0.29, 0.717) is 5.92 Å². The second-order valence-electron chi connectivity index (χ2n) is 5.33. The monoisotopic (exact) mass is 267 g/mol. The van der Waals surface area contributed by atoms with Gasteiger partial charge in [-0.05, 0) is 59.3 Å². The van der Waals surface area contributed by atoms with E-state index in [1.54, 1.807) is 0 Å². The van der Waals surface area contributed by atoms with Gasteiger partial charge in [0.2, 0.25) is 0 Å². The van der Waals surface area contributed by atoms with Crippen molar-refractivity contribution in [1.82, 2.24) is 15.2 Å². The van der Waals surface area contributed by atoms with Gasteiger partial charge in [0.1, 0.15) is 0 Å². The van der Waals surface area contributed by atoms with Gasteiger partial charge in [-0.2, -0.15) is 0 Å². The molecule has 2 rings (SSSR count). The molecule has 2 heterocycles. The summed E-state index contributed by atoms with van der Waals surface area (Å²) in [5.74, 6) is 0.672. The van der Waals surface area contributed by atoms with Gasteiger partial charge in [0.15, 0.2) is 0 Å². The quantitative estimate of drug-likeness (QED) is 0.803. The molecule has 1 aromatic rings. The summed E-state index contributed by atoms with van der Waals surface area (Å²) >= 11 is 1.85. The Morgan fingerprint density at radius 2 is 2.39 bits per heavy atom. The molecule has 1 aromatic heterocycles. The molecular formula is C14H25N3S. The van der Waals surface area contributed by atoms with Crippen LogP contribution in [0.4, 0.5) is 0 Å². The number of likely N-dealkylation sites (tertiary alicyclic amines) is 1. The molecule has 0 radical (unpaired) electrons. The molecule has 0 bridgehead atoms. The third-order valence-electron chi connectivity index (χ3n) is 3.68. The Hall–Kier alpha value is -0.450. The van der Waals surface area contributed by atoms with Crippen molar-refractivity contribution in [2.75, 3.05) is 33.7 Å². The Bertz CT molecular complexity index is 351. The standard InChI is InChI=1S/C14H25N3S/c1-15-8-4-3-7-14-16-13(11-18-14)12-6-5-9-17(2)10-12/h11-12,15H,3-10H2,1-2H3. The van der Waals surface area contributed by atoms with Gasteiger partial charge < -0.3 is 10.2 Å². The van der Waals surface area contributed by atoms with Crippen molar-refractivity contribution in [3.8, 4) is 0 Å². The molecule has 102 valence electrons. The van der Waals surface area contributed by atoms with Gasteiger partial charge in [0, 0.05) is 17.8 Å². The highest BCUT2D eigenvalue weighted by molar-refractivity contribution is 7.09. The summed E-state index contributed by atoms with van der Waals surface area (Å²) in [6.45, 7) is 3.55. The molecule has 0 spiro atoms. The van der Waals surface area contributed by atoms with Crippen molar-refractivity contribution in [2.24, 2.45) is 0 Å². The highest BCUT2D eigenvalue weighted by Gasteiger charge is 2.20. The Morgan fingerprint density at radius 1 is 1.50 bits per heavy atom. The highest BCUT2D eigenvalue weighted by Crippen LogP contribution is 2.27. The maximum atomic E-state index is 4.84. The van der Waals surface area contributed by atoms with E-state index in [0.717, 1.165) is 13.0 Å². The maximum absolute atomic E-state index is 4.84. The molecular weight excluding hydrogens is 242 g/mol. The van der Waals surface area contributed by atoms with Crippen molar-refractivity contribution in [2.45, 2.75) is 38.0 Å². The number of rotatable bonds is 6. The van der Waals surface area contributed by atoms with Crippen LogP contribution in [0.2, 0.25) is 0 Å². The van der Waals surface area contributed by atoms with Crippen molar-refractivity contribution < 1.29 is 0 Å². The SMILES string of the molecule is CNCCCCc1nc(C2CCCN(C)C2)cs1. The summed E-state index contributed by atoms with van der Waals surface area (Å²) < 4.78 is 0. The van der Waals surface area contributed by atoms with Crippen LogP contribution in [-0.2, 0) is 6.42 Å². The van der Waals surface area contributed by atoms with Gasteiger partial charge in [0.05, 0.1) is 10.7 Å². The first kappa shape index (κ1) is 14.0. The Balaban J connectivity index is 1.81. The largest absolute Gasteiger partial charge is 0.320 e. The first-order chi connectivity index (χ1) is 8.79. The fraction of sp³-hybridized carbons (Fsp3) is 0.786. The molecule has 0 aromatic carbocycles. The van der Waals surface area contributed by atoms with Crippen molar-refractivity contribution in [3.63, 3.8) is 0 Å². The molecule has 0 saturated carbocycles. The van der Waals surface area contributed by atoms with Gasteiger partial charge in [-0.1, -0.05) is 0 Å². The number of nitrogens with zero attached hydrogens (tertiary/aromatic N) is 2. The van der Waals surface area contributed by atoms with E-state index in [-0.39, 0.29) is 0 Å². The van der Waals surface area contributed by atoms with Crippen LogP contribution in [0, 0.1) is 0 Å². The van der Waals surface area contributed by atoms with Gasteiger partial charge in [0.25, 0.3) is 0 Å². The second kappa shape index (κ2) is 7.22. The highest BCUT2D eigenvalue weighted by atomic mass is 32.1. The number of likely N-dealkylation sites (N-methyl/N-ethyl adjacent to an activating group) is 1. The van der Waals surface area contributed by atoms with Crippen LogP contribution >= 0.6 is 11.3 Å². The van der Waals surface area contributed by atoms with Crippen molar-refractivity contribution in [1.29, 1.82) is 0 Å². The lowest BCUT2D eigenvalue weighted by Crippen LogP contribution is -2.30. The maximum Gasteiger partial charge on any atom is 0.0928 e. The summed E-state index contributed by atoms with van der Waals surface area (Å²) in [6, 6.07) is 0. The molecule has 1 atom stereocenters. The first-order valence-corrected chi connectivity index (χ1v) is 7.95. The number of aryl methyl sites for hydroxylation is 1. The molecule has 0 amide bonds. The van der Waals surface area contributed by atoms with Crippen LogP contribution in [0.25, 0.3) is 0 Å². The topological polar surface area (TPSA) is 28.2 Å². The number of aromatic nitrogens is 1. The third-order valence-corrected chi connectivity index (χ3v) is 4.61. The molecule has 1 unspecified atom stereocenters. The van der Waals surface area contributed by atoms with Crippen molar-refractivity contribution in [3.05, 3.63) is 16.1 Å². The summed E-state index contributed by atoms with van der Waals surface area (Å²) in [5.41, 5.74) is 1.34. The molecule has 18 heavy (non-hydrogen) atoms. The Morgan fingerprint density at radius 3 is 3.17 bits per heavy atom. The van der Waals surface area contributed by atoms with Crippen LogP contribution < -0.4 is 5.32 Å². The molecule has 0 aliphatic carbocycles. The lowest BCUT2D eigenvalue weighted by Gasteiger charge is -2.28. The fourth-order valence-corrected chi connectivity index (χ4v) is 3.54. The lowest BCUT2D eigenvalue weighted by atomic mass is 9.96. The first-order valence-electron chi connectivity index (χ1n) is 7.07. The number of unbranched alkanes of at least 4 members (excludes halogenated alkanes) is 1. The Kier molecular flexibility index (Phi) is 5.60. The van der Waals surface area contributed by atoms with Gasteiger partial charge >= 0.3 is 0 Å². The average molecular weight is 267 g/mol. The van der Waals surface area contributed by atoms with Crippen LogP contribution in [0.15, 0.2) is 5.38 Å². The van der Waals surface area contributed by atoms with E-state index in [4.69, 9.17) is 4.98 Å². The van der Waals surface area contributed by atoms with Gasteiger partial charge in [-0.3, -0.25) is 0 Å². The predicted molar refractivity (Wildman–Crippen MR) is 78.5 cm³/mol. The summed E-state index contributed by atoms with van der Waals surface area (Å²) in [4.78, 5) is 7.27. The number of hydrogen-bond donors (Lipinski definition) is 1. The predicted octanol–water partition coefficient (Wildman–Crippen LogP) is 2.49. The minimum absolute atomic E-state index is 0.672. The van der Waals surface area contributed by atoms with E-state index in [1.807, 2.05) is 18.4 Å². The minimum atomic E-state index is 0.672. The number of nitrogens with one attached hydrogen (secondary N) is 1. The number of thiazole rings is 1. The zero-order chi connectivity index (χ0) is 12.8. The van der Waals surface area contributed by atoms with Gasteiger partial charge in [-0.15, -0.1) is 11.3 Å². The molecule has 1 fully saturated rings. The fourth-order valence-electron chi connectivity index (χ4n) is 2.61. The van der Waals surface area contributed by atoms with E-state index in [2.05, 4.69) is 22.6 Å². The molecule has 1 aliphatic rings. The van der Waals surface area contributed by atoms with E-state index in [1.165, 1.54) is 49.5 Å². The summed E-state index contributed by atoms with van der Waals surface area (Å²) in [6.07, 6.45) is 6.27. The zero-order valence-electron chi connectivity index (χ0n) is 11.6. The van der Waals surface area contributed by atoms with Crippen molar-refractivity contribution >= 4 is 11.3 Å². The smallest absolute Gasteiger partial charge is 0.0928 e. The molecule has 4 heteroatoms. The molecule has 3 nitrogen and oxygen atoms in total. The number of hydrogen-bond acceptors (Lipinski definition) is 4. The van der Waals surface area contributed by atoms with Gasteiger partial charge in [-0.25, -0.2) is 4.98 Å². The van der Waals surface area contributed by atoms with Crippen LogP contribution in [0.5, 0.6) is 0 Å². The average Bonchev–Trinajstić information content (AvgIpc) is 2.83. The number of piperidine rings is 1. The summed E-state index contributed by atoms with van der Waals surface area (Å²) in [5, 5.41) is 6.81. The molecule has 1 N–H and O–H groups in total. The normalized spacial score (nSPS) is 21.3. The summed E-state index contributed by atoms with van der Waals surface area (Å²) in [7, 11) is 4.23. The molecule has 1 saturated heterocycles. The van der Waals surface area contributed by atoms with Crippen LogP contribution in [0.3, 0.4) is 0 Å². The van der Waals surface area contributed by atoms with E-state index >= 15 is 0 Å². The molecule has 1 aliphatic heterocycles. The zero-order valence-corrected chi connectivity index (χ0v) is 12.4. The minimum Gasteiger partial charge on any atom is -0.320 e. The Labute approximate surface area is 115 Å². The lowest BCUT2D eigenvalue weighted by molar-refractivity contribution is 0.249. The van der Waals surface area contributed by atoms with Crippen LogP contribution in [-0.4, -0.2) is 43.6 Å². The second-order valence-corrected chi connectivity index (χ2v) is 6.27. The van der Waals surface area contributed by atoms with Crippen LogP contribution in [0.1, 0.15) is 42.3 Å².